The maximum absolute atomic E-state index is 12.6. The van der Waals surface area contributed by atoms with Crippen molar-refractivity contribution in [2.45, 2.75) is 20.3 Å². The van der Waals surface area contributed by atoms with E-state index in [1.165, 1.54) is 5.56 Å². The Balaban J connectivity index is 1.42. The molecule has 0 saturated carbocycles. The van der Waals surface area contributed by atoms with Crippen molar-refractivity contribution in [1.29, 1.82) is 0 Å². The Hall–Kier alpha value is -1.74. The Kier molecular flexibility index (Phi) is 7.11. The molecule has 0 spiro atoms. The Labute approximate surface area is 199 Å². The lowest BCUT2D eigenvalue weighted by molar-refractivity contribution is 0.0374. The molecular weight excluding hydrogens is 524 g/mol. The van der Waals surface area contributed by atoms with E-state index in [4.69, 9.17) is 9.72 Å². The highest BCUT2D eigenvalue weighted by Gasteiger charge is 2.15. The van der Waals surface area contributed by atoms with Crippen molar-refractivity contribution in [3.63, 3.8) is 0 Å². The van der Waals surface area contributed by atoms with E-state index in [0.717, 1.165) is 76.2 Å². The highest BCUT2D eigenvalue weighted by Crippen LogP contribution is 2.32. The number of fused-ring (bicyclic) bond motifs is 1. The van der Waals surface area contributed by atoms with Crippen molar-refractivity contribution in [2.75, 3.05) is 39.4 Å². The molecule has 1 aromatic heterocycles. The maximum atomic E-state index is 12.6. The zero-order valence-corrected chi connectivity index (χ0v) is 20.9. The molecular formula is C23H26Br2N4O2. The van der Waals surface area contributed by atoms with Gasteiger partial charge in [-0.05, 0) is 62.2 Å². The van der Waals surface area contributed by atoms with Gasteiger partial charge in [0.15, 0.2) is 0 Å². The molecule has 0 aliphatic carbocycles. The van der Waals surface area contributed by atoms with Gasteiger partial charge in [-0.2, -0.15) is 0 Å². The van der Waals surface area contributed by atoms with Crippen LogP contribution >= 0.6 is 31.9 Å². The molecule has 2 heterocycles. The van der Waals surface area contributed by atoms with Crippen LogP contribution < -0.4 is 5.32 Å². The van der Waals surface area contributed by atoms with E-state index in [1.54, 1.807) is 0 Å². The first kappa shape index (κ1) is 22.5. The second kappa shape index (κ2) is 9.81. The number of H-pyrrole nitrogens is 1. The summed E-state index contributed by atoms with van der Waals surface area (Å²) in [7, 11) is 0. The number of carbonyl (C=O) groups is 1. The lowest BCUT2D eigenvalue weighted by atomic mass is 10.1. The average Bonchev–Trinajstić information content (AvgIpc) is 3.19. The van der Waals surface area contributed by atoms with Crippen LogP contribution in [0.3, 0.4) is 0 Å². The summed E-state index contributed by atoms with van der Waals surface area (Å²) in [5.41, 5.74) is 5.84. The number of amides is 1. The Morgan fingerprint density at radius 3 is 2.68 bits per heavy atom. The van der Waals surface area contributed by atoms with E-state index in [0.29, 0.717) is 12.1 Å². The molecule has 1 amide bonds. The first-order chi connectivity index (χ1) is 14.9. The van der Waals surface area contributed by atoms with Crippen LogP contribution in [0.5, 0.6) is 0 Å². The quantitative estimate of drug-likeness (QED) is 0.432. The van der Waals surface area contributed by atoms with E-state index in [1.807, 2.05) is 18.2 Å². The number of aromatic nitrogens is 2. The molecule has 1 aliphatic rings. The number of imidazole rings is 1. The summed E-state index contributed by atoms with van der Waals surface area (Å²) < 4.78 is 7.26. The molecule has 164 valence electrons. The SMILES string of the molecule is Cc1c(Br)cc2[nH]c(-c3ccc(C(=O)NCCCN4CCOCC4)cc3Br)nc2c1C. The normalized spacial score (nSPS) is 14.8. The summed E-state index contributed by atoms with van der Waals surface area (Å²) in [5.74, 6) is 0.717. The van der Waals surface area contributed by atoms with Crippen molar-refractivity contribution in [3.8, 4) is 11.4 Å². The number of rotatable bonds is 6. The van der Waals surface area contributed by atoms with E-state index in [9.17, 15) is 4.79 Å². The molecule has 8 heteroatoms. The summed E-state index contributed by atoms with van der Waals surface area (Å²) in [4.78, 5) is 23.1. The van der Waals surface area contributed by atoms with Crippen LogP contribution in [0.15, 0.2) is 33.2 Å². The first-order valence-electron chi connectivity index (χ1n) is 10.5. The molecule has 2 aromatic carbocycles. The van der Waals surface area contributed by atoms with Gasteiger partial charge in [0.05, 0.1) is 24.2 Å². The Morgan fingerprint density at radius 1 is 1.16 bits per heavy atom. The molecule has 31 heavy (non-hydrogen) atoms. The number of nitrogens with zero attached hydrogens (tertiary/aromatic N) is 2. The molecule has 0 unspecified atom stereocenters. The van der Waals surface area contributed by atoms with Crippen LogP contribution in [0.25, 0.3) is 22.4 Å². The van der Waals surface area contributed by atoms with E-state index < -0.39 is 0 Å². The van der Waals surface area contributed by atoms with E-state index in [2.05, 4.69) is 67.0 Å². The van der Waals surface area contributed by atoms with Gasteiger partial charge >= 0.3 is 0 Å². The minimum absolute atomic E-state index is 0.0609. The number of morpholine rings is 1. The van der Waals surface area contributed by atoms with Crippen molar-refractivity contribution >= 4 is 48.8 Å². The van der Waals surface area contributed by atoms with Crippen LogP contribution in [0.1, 0.15) is 27.9 Å². The van der Waals surface area contributed by atoms with Crippen molar-refractivity contribution < 1.29 is 9.53 Å². The molecule has 1 aliphatic heterocycles. The number of carbonyl (C=O) groups excluding carboxylic acids is 1. The highest BCUT2D eigenvalue weighted by molar-refractivity contribution is 9.10. The molecule has 0 bridgehead atoms. The largest absolute Gasteiger partial charge is 0.379 e. The number of halogens is 2. The van der Waals surface area contributed by atoms with Gasteiger partial charge in [-0.25, -0.2) is 4.98 Å². The second-order valence-electron chi connectivity index (χ2n) is 7.85. The molecule has 4 rings (SSSR count). The monoisotopic (exact) mass is 548 g/mol. The van der Waals surface area contributed by atoms with Crippen LogP contribution in [0, 0.1) is 13.8 Å². The lowest BCUT2D eigenvalue weighted by Crippen LogP contribution is -2.38. The fourth-order valence-corrected chi connectivity index (χ4v) is 4.87. The van der Waals surface area contributed by atoms with Gasteiger partial charge in [-0.3, -0.25) is 9.69 Å². The number of hydrogen-bond donors (Lipinski definition) is 2. The summed E-state index contributed by atoms with van der Waals surface area (Å²) >= 11 is 7.23. The molecule has 2 N–H and O–H groups in total. The predicted molar refractivity (Wildman–Crippen MR) is 131 cm³/mol. The number of aryl methyl sites for hydroxylation is 1. The lowest BCUT2D eigenvalue weighted by Gasteiger charge is -2.26. The van der Waals surface area contributed by atoms with Gasteiger partial charge in [-0.1, -0.05) is 31.9 Å². The van der Waals surface area contributed by atoms with Crippen molar-refractivity contribution in [1.82, 2.24) is 20.2 Å². The average molecular weight is 550 g/mol. The van der Waals surface area contributed by atoms with Crippen molar-refractivity contribution in [3.05, 3.63) is 49.9 Å². The highest BCUT2D eigenvalue weighted by atomic mass is 79.9. The minimum atomic E-state index is -0.0609. The van der Waals surface area contributed by atoms with Crippen LogP contribution in [0.4, 0.5) is 0 Å². The predicted octanol–water partition coefficient (Wildman–Crippen LogP) is 4.82. The van der Waals surface area contributed by atoms with Crippen molar-refractivity contribution in [2.24, 2.45) is 0 Å². The first-order valence-corrected chi connectivity index (χ1v) is 12.1. The number of hydrogen-bond acceptors (Lipinski definition) is 4. The minimum Gasteiger partial charge on any atom is -0.379 e. The maximum Gasteiger partial charge on any atom is 0.251 e. The number of ether oxygens (including phenoxy) is 1. The zero-order valence-electron chi connectivity index (χ0n) is 17.7. The standard InChI is InChI=1S/C23H26Br2N4O2/c1-14-15(2)21-20(13-18(14)24)27-22(28-21)17-5-4-16(12-19(17)25)23(30)26-6-3-7-29-8-10-31-11-9-29/h4-5,12-13H,3,6-11H2,1-2H3,(H,26,30)(H,27,28). The van der Waals surface area contributed by atoms with Gasteiger partial charge in [-0.15, -0.1) is 0 Å². The van der Waals surface area contributed by atoms with Crippen LogP contribution in [0.2, 0.25) is 0 Å². The van der Waals surface area contributed by atoms with E-state index in [-0.39, 0.29) is 5.91 Å². The number of nitrogens with one attached hydrogen (secondary N) is 2. The number of aromatic amines is 1. The zero-order chi connectivity index (χ0) is 22.0. The summed E-state index contributed by atoms with van der Waals surface area (Å²) in [6, 6.07) is 7.69. The third-order valence-electron chi connectivity index (χ3n) is 5.81. The van der Waals surface area contributed by atoms with Gasteiger partial charge in [0.25, 0.3) is 5.91 Å². The Bertz CT molecular complexity index is 1110. The second-order valence-corrected chi connectivity index (χ2v) is 9.56. The molecule has 6 nitrogen and oxygen atoms in total. The van der Waals surface area contributed by atoms with Gasteiger partial charge in [0.2, 0.25) is 0 Å². The summed E-state index contributed by atoms with van der Waals surface area (Å²) in [6.07, 6.45) is 0.929. The molecule has 0 radical (unpaired) electrons. The fraction of sp³-hybridized carbons (Fsp3) is 0.391. The Morgan fingerprint density at radius 2 is 1.94 bits per heavy atom. The molecule has 0 atom stereocenters. The topological polar surface area (TPSA) is 70.2 Å². The smallest absolute Gasteiger partial charge is 0.251 e. The molecule has 1 fully saturated rings. The van der Waals surface area contributed by atoms with Gasteiger partial charge in [0.1, 0.15) is 5.82 Å². The van der Waals surface area contributed by atoms with Gasteiger partial charge < -0.3 is 15.0 Å². The van der Waals surface area contributed by atoms with E-state index >= 15 is 0 Å². The molecule has 1 saturated heterocycles. The fourth-order valence-electron chi connectivity index (χ4n) is 3.78. The van der Waals surface area contributed by atoms with Crippen LogP contribution in [-0.4, -0.2) is 60.2 Å². The third-order valence-corrected chi connectivity index (χ3v) is 7.29. The van der Waals surface area contributed by atoms with Gasteiger partial charge in [0, 0.05) is 39.7 Å². The summed E-state index contributed by atoms with van der Waals surface area (Å²) in [5, 5.41) is 3.02. The molecule has 3 aromatic rings. The number of benzene rings is 2. The van der Waals surface area contributed by atoms with Crippen LogP contribution in [-0.2, 0) is 4.74 Å². The summed E-state index contributed by atoms with van der Waals surface area (Å²) in [6.45, 7) is 9.34. The third kappa shape index (κ3) is 5.03.